The topological polar surface area (TPSA) is 222 Å². The number of likely N-dealkylation sites (N-methyl/N-ethyl adjacent to an activating group) is 2. The van der Waals surface area contributed by atoms with Crippen LogP contribution in [-0.2, 0) is 47.4 Å². The van der Waals surface area contributed by atoms with Crippen LogP contribution in [0.4, 0.5) is 9.59 Å². The maximum Gasteiger partial charge on any atom is 0.509 e. The number of carbonyl (C=O) groups is 4. The van der Waals surface area contributed by atoms with Gasteiger partial charge in [0.25, 0.3) is 5.91 Å². The maximum atomic E-state index is 14.7. The quantitative estimate of drug-likeness (QED) is 0.146. The molecule has 0 radical (unpaired) electrons. The van der Waals surface area contributed by atoms with Crippen LogP contribution in [0.2, 0.25) is 0 Å². The molecule has 19 nitrogen and oxygen atoms in total. The number of aliphatic hydroxyl groups excluding tert-OH is 1. The number of benzene rings is 1. The highest BCUT2D eigenvalue weighted by molar-refractivity contribution is 9.10. The lowest BCUT2D eigenvalue weighted by atomic mass is 9.77. The number of hydrogen-bond donors (Lipinski definition) is 4. The summed E-state index contributed by atoms with van der Waals surface area (Å²) in [5, 5.41) is 24.5. The molecule has 4 saturated heterocycles. The molecule has 4 aliphatic heterocycles. The molecule has 4 aliphatic rings. The lowest BCUT2D eigenvalue weighted by molar-refractivity contribution is -0.317. The summed E-state index contributed by atoms with van der Waals surface area (Å²) >= 11 is 3.33. The van der Waals surface area contributed by atoms with Gasteiger partial charge in [-0.3, -0.25) is 19.9 Å². The molecule has 0 unspecified atom stereocenters. The third-order valence-corrected chi connectivity index (χ3v) is 14.8. The van der Waals surface area contributed by atoms with E-state index in [2.05, 4.69) is 26.8 Å². The van der Waals surface area contributed by atoms with Gasteiger partial charge in [0.2, 0.25) is 0 Å². The second-order valence-electron chi connectivity index (χ2n) is 20.0. The Hall–Kier alpha value is -3.18. The summed E-state index contributed by atoms with van der Waals surface area (Å²) in [5.41, 5.74) is 0.713. The molecular formula is C47H75BrN4O15. The fourth-order valence-electron chi connectivity index (χ4n) is 10.5. The molecule has 0 bridgehead atoms. The predicted molar refractivity (Wildman–Crippen MR) is 246 cm³/mol. The fourth-order valence-corrected chi connectivity index (χ4v) is 10.7. The van der Waals surface area contributed by atoms with E-state index in [0.717, 1.165) is 4.47 Å². The van der Waals surface area contributed by atoms with Crippen LogP contribution in [0.25, 0.3) is 0 Å². The van der Waals surface area contributed by atoms with Crippen molar-refractivity contribution in [3.8, 4) is 0 Å². The standard InChI is InChI=1S/C47H75BrN4O15/c1-15-33-47(10)38(66-44(57)67-47)28(6)52(13)23-24(2)21-45(8,58)37(64-42-35(53)32(51(11)12)20-25(3)60-42)26(4)36(27(5)41(55)62-33)63-34-22-46(9,59-14)39(29(7)61-34)65-43(56)50-49-40(54)30-16-18-31(48)19-17-30/h16-19,24-29,32-39,42,53,58H,15,20-23H2,1-14H3,(H,49,54)(H,50,56)/t24-,25-,26+,27-,28-,29+,32+,33-,34+,35-,36+,37-,38-,39+,42+,45-,46-,47-/m1/s1. The van der Waals surface area contributed by atoms with Gasteiger partial charge in [-0.15, -0.1) is 0 Å². The van der Waals surface area contributed by atoms with E-state index in [1.54, 1.807) is 65.8 Å². The molecule has 380 valence electrons. The first-order valence-corrected chi connectivity index (χ1v) is 24.1. The van der Waals surface area contributed by atoms with Crippen LogP contribution in [0, 0.1) is 17.8 Å². The molecule has 4 heterocycles. The summed E-state index contributed by atoms with van der Waals surface area (Å²) in [5.74, 6) is -3.35. The molecule has 0 spiro atoms. The minimum atomic E-state index is -1.63. The van der Waals surface area contributed by atoms with Crippen molar-refractivity contribution < 1.29 is 72.0 Å². The fraction of sp³-hybridized carbons (Fsp3) is 0.787. The molecule has 4 N–H and O–H groups in total. The Morgan fingerprint density at radius 2 is 1.61 bits per heavy atom. The normalized spacial score (nSPS) is 41.4. The van der Waals surface area contributed by atoms with Gasteiger partial charge in [0.1, 0.15) is 17.8 Å². The number of cyclic esters (lactones) is 1. The van der Waals surface area contributed by atoms with Gasteiger partial charge in [-0.05, 0) is 119 Å². The number of aliphatic hydroxyl groups is 2. The number of fused-ring (bicyclic) bond motifs is 1. The molecule has 20 heteroatoms. The second kappa shape index (κ2) is 22.3. The van der Waals surface area contributed by atoms with Crippen molar-refractivity contribution in [3.63, 3.8) is 0 Å². The minimum Gasteiger partial charge on any atom is -0.458 e. The third-order valence-electron chi connectivity index (χ3n) is 14.2. The van der Waals surface area contributed by atoms with Crippen LogP contribution >= 0.6 is 15.9 Å². The molecule has 5 rings (SSSR count). The van der Waals surface area contributed by atoms with E-state index in [0.29, 0.717) is 18.5 Å². The zero-order valence-corrected chi connectivity index (χ0v) is 43.1. The van der Waals surface area contributed by atoms with E-state index < -0.39 is 114 Å². The Morgan fingerprint density at radius 1 is 0.955 bits per heavy atom. The number of amides is 2. The maximum absolute atomic E-state index is 14.7. The average molecular weight is 1020 g/mol. The van der Waals surface area contributed by atoms with Crippen molar-refractivity contribution in [2.75, 3.05) is 34.8 Å². The van der Waals surface area contributed by atoms with Crippen molar-refractivity contribution in [3.05, 3.63) is 34.3 Å². The average Bonchev–Trinajstić information content (AvgIpc) is 3.57. The molecule has 67 heavy (non-hydrogen) atoms. The van der Waals surface area contributed by atoms with Crippen LogP contribution in [-0.4, -0.2) is 169 Å². The predicted octanol–water partition coefficient (Wildman–Crippen LogP) is 4.92. The summed E-state index contributed by atoms with van der Waals surface area (Å²) < 4.78 is 57.0. The number of halogens is 1. The third kappa shape index (κ3) is 12.6. The van der Waals surface area contributed by atoms with E-state index >= 15 is 0 Å². The van der Waals surface area contributed by atoms with Gasteiger partial charge in [0.05, 0.1) is 35.9 Å². The van der Waals surface area contributed by atoms with Crippen molar-refractivity contribution in [1.82, 2.24) is 20.7 Å². The van der Waals surface area contributed by atoms with E-state index in [-0.39, 0.29) is 37.3 Å². The van der Waals surface area contributed by atoms with Crippen LogP contribution in [0.5, 0.6) is 0 Å². The molecule has 2 amide bonds. The summed E-state index contributed by atoms with van der Waals surface area (Å²) in [6.07, 6.45) is -10.4. The minimum absolute atomic E-state index is 0.0116. The van der Waals surface area contributed by atoms with Crippen LogP contribution < -0.4 is 10.9 Å². The summed E-state index contributed by atoms with van der Waals surface area (Å²) in [7, 11) is 7.10. The summed E-state index contributed by atoms with van der Waals surface area (Å²) in [4.78, 5) is 57.4. The number of nitrogens with one attached hydrogen (secondary N) is 2. The van der Waals surface area contributed by atoms with Crippen molar-refractivity contribution in [1.29, 1.82) is 0 Å². The highest BCUT2D eigenvalue weighted by Crippen LogP contribution is 2.42. The molecule has 18 atom stereocenters. The molecule has 0 saturated carbocycles. The summed E-state index contributed by atoms with van der Waals surface area (Å²) in [6, 6.07) is 5.84. The van der Waals surface area contributed by atoms with Crippen LogP contribution in [0.3, 0.4) is 0 Å². The monoisotopic (exact) mass is 1010 g/mol. The number of nitrogens with zero attached hydrogens (tertiary/aromatic N) is 2. The first kappa shape index (κ1) is 54.8. The number of carbonyl (C=O) groups excluding carboxylic acids is 4. The smallest absolute Gasteiger partial charge is 0.458 e. The second-order valence-corrected chi connectivity index (χ2v) is 21.0. The van der Waals surface area contributed by atoms with Gasteiger partial charge < -0.3 is 57.7 Å². The van der Waals surface area contributed by atoms with Crippen LogP contribution in [0.1, 0.15) is 105 Å². The van der Waals surface area contributed by atoms with E-state index in [1.807, 2.05) is 58.6 Å². The van der Waals surface area contributed by atoms with E-state index in [4.69, 9.17) is 42.6 Å². The highest BCUT2D eigenvalue weighted by atomic mass is 79.9. The zero-order chi connectivity index (χ0) is 49.9. The van der Waals surface area contributed by atoms with Gasteiger partial charge in [-0.2, -0.15) is 0 Å². The SMILES string of the molecule is CC[C@H]1OC(=O)[C@H](C)[C@@H](O[C@H]2C[C@@](C)(OC)[C@@H](OC(=O)NNC(=O)c3ccc(Br)cc3)[C@H](C)O2)[C@H](C)[C@@H](O[C@@H]2O[C@H](C)C[C@H](N(C)C)[C@H]2O)[C@](C)(O)C[C@@H](C)CN(C)[C@H](C)[C@H]2OC(=O)O[C@@]21C. The lowest BCUT2D eigenvalue weighted by Crippen LogP contribution is -2.61. The van der Waals surface area contributed by atoms with Gasteiger partial charge in [0, 0.05) is 48.1 Å². The zero-order valence-electron chi connectivity index (χ0n) is 41.5. The Bertz CT molecular complexity index is 1860. The van der Waals surface area contributed by atoms with Gasteiger partial charge in [-0.1, -0.05) is 36.7 Å². The number of hydrogen-bond acceptors (Lipinski definition) is 17. The molecule has 1 aromatic rings. The van der Waals surface area contributed by atoms with Crippen molar-refractivity contribution >= 4 is 40.1 Å². The van der Waals surface area contributed by atoms with Gasteiger partial charge in [0.15, 0.2) is 30.4 Å². The Labute approximate surface area is 403 Å². The number of ether oxygens (including phenoxy) is 9. The van der Waals surface area contributed by atoms with Gasteiger partial charge >= 0.3 is 18.2 Å². The largest absolute Gasteiger partial charge is 0.509 e. The van der Waals surface area contributed by atoms with Gasteiger partial charge in [-0.25, -0.2) is 15.0 Å². The molecular weight excluding hydrogens is 940 g/mol. The van der Waals surface area contributed by atoms with Crippen molar-refractivity contribution in [2.24, 2.45) is 17.8 Å². The lowest BCUT2D eigenvalue weighted by Gasteiger charge is -2.49. The van der Waals surface area contributed by atoms with Crippen LogP contribution in [0.15, 0.2) is 28.7 Å². The number of esters is 1. The Kier molecular flexibility index (Phi) is 18.2. The first-order valence-electron chi connectivity index (χ1n) is 23.3. The Morgan fingerprint density at radius 3 is 2.22 bits per heavy atom. The number of hydrazine groups is 1. The highest BCUT2D eigenvalue weighted by Gasteiger charge is 2.58. The number of methoxy groups -OCH3 is 1. The molecule has 4 fully saturated rings. The van der Waals surface area contributed by atoms with E-state index in [9.17, 15) is 29.4 Å². The Balaban J connectivity index is 1.50. The number of rotatable bonds is 9. The molecule has 0 aromatic heterocycles. The molecule has 1 aromatic carbocycles. The summed E-state index contributed by atoms with van der Waals surface area (Å²) in [6.45, 7) is 18.3. The molecule has 0 aliphatic carbocycles. The first-order chi connectivity index (χ1) is 31.2. The van der Waals surface area contributed by atoms with Crippen molar-refractivity contribution in [2.45, 2.75) is 185 Å². The van der Waals surface area contributed by atoms with E-state index in [1.165, 1.54) is 7.11 Å².